The molecule has 3 aromatic rings. The van der Waals surface area contributed by atoms with Crippen LogP contribution in [0.25, 0.3) is 20.7 Å². The standard InChI is InChI=1S/C18H18N2O3S3/c1-3-9-20-17(21)14-12-15(13-7-5-4-6-8-13)25-16(14)19-18(20)24-10-11-26(2,22)23/h3-8,12H,1,9-11H2,2H3. The highest BCUT2D eigenvalue weighted by Gasteiger charge is 2.15. The summed E-state index contributed by atoms with van der Waals surface area (Å²) in [7, 11) is -3.06. The second-order valence-corrected chi connectivity index (χ2v) is 10.1. The topological polar surface area (TPSA) is 69.0 Å². The van der Waals surface area contributed by atoms with Crippen molar-refractivity contribution in [2.45, 2.75) is 11.7 Å². The number of fused-ring (bicyclic) bond motifs is 1. The van der Waals surface area contributed by atoms with Crippen molar-refractivity contribution < 1.29 is 8.42 Å². The average Bonchev–Trinajstić information content (AvgIpc) is 3.02. The first-order valence-electron chi connectivity index (χ1n) is 7.90. The van der Waals surface area contributed by atoms with E-state index in [1.807, 2.05) is 36.4 Å². The summed E-state index contributed by atoms with van der Waals surface area (Å²) in [5, 5.41) is 1.09. The summed E-state index contributed by atoms with van der Waals surface area (Å²) >= 11 is 2.74. The number of benzene rings is 1. The fourth-order valence-corrected chi connectivity index (χ4v) is 5.71. The Balaban J connectivity index is 2.05. The van der Waals surface area contributed by atoms with Gasteiger partial charge in [-0.05, 0) is 11.6 Å². The highest BCUT2D eigenvalue weighted by atomic mass is 32.2. The fraction of sp³-hybridized carbons (Fsp3) is 0.222. The summed E-state index contributed by atoms with van der Waals surface area (Å²) in [5.74, 6) is 0.393. The predicted molar refractivity (Wildman–Crippen MR) is 110 cm³/mol. The lowest BCUT2D eigenvalue weighted by molar-refractivity contribution is 0.603. The molecule has 0 saturated heterocycles. The molecule has 0 atom stereocenters. The minimum absolute atomic E-state index is 0.0410. The van der Waals surface area contributed by atoms with Crippen LogP contribution in [0.3, 0.4) is 0 Å². The van der Waals surface area contributed by atoms with Gasteiger partial charge in [0.15, 0.2) is 5.16 Å². The molecule has 0 spiro atoms. The molecule has 0 N–H and O–H groups in total. The summed E-state index contributed by atoms with van der Waals surface area (Å²) in [6, 6.07) is 11.7. The summed E-state index contributed by atoms with van der Waals surface area (Å²) in [6.07, 6.45) is 2.84. The van der Waals surface area contributed by atoms with Crippen LogP contribution in [-0.2, 0) is 16.4 Å². The van der Waals surface area contributed by atoms with Gasteiger partial charge in [-0.25, -0.2) is 13.4 Å². The molecule has 3 rings (SSSR count). The van der Waals surface area contributed by atoms with Gasteiger partial charge in [0.2, 0.25) is 0 Å². The second kappa shape index (κ2) is 7.77. The van der Waals surface area contributed by atoms with E-state index in [0.717, 1.165) is 10.4 Å². The van der Waals surface area contributed by atoms with Crippen molar-refractivity contribution in [1.82, 2.24) is 9.55 Å². The minimum Gasteiger partial charge on any atom is -0.283 e. The third-order valence-electron chi connectivity index (χ3n) is 3.67. The minimum atomic E-state index is -3.06. The lowest BCUT2D eigenvalue weighted by atomic mass is 10.2. The first-order valence-corrected chi connectivity index (χ1v) is 11.8. The van der Waals surface area contributed by atoms with Crippen molar-refractivity contribution in [3.8, 4) is 10.4 Å². The number of allylic oxidation sites excluding steroid dienone is 1. The van der Waals surface area contributed by atoms with Crippen LogP contribution >= 0.6 is 23.1 Å². The zero-order chi connectivity index (χ0) is 18.7. The largest absolute Gasteiger partial charge is 0.283 e. The molecule has 1 aromatic carbocycles. The molecule has 2 aromatic heterocycles. The number of hydrogen-bond acceptors (Lipinski definition) is 6. The van der Waals surface area contributed by atoms with Gasteiger partial charge < -0.3 is 0 Å². The zero-order valence-electron chi connectivity index (χ0n) is 14.2. The van der Waals surface area contributed by atoms with E-state index in [4.69, 9.17) is 0 Å². The number of aromatic nitrogens is 2. The van der Waals surface area contributed by atoms with E-state index in [1.54, 1.807) is 10.6 Å². The Hall–Kier alpha value is -1.90. The lowest BCUT2D eigenvalue weighted by Crippen LogP contribution is -2.22. The summed E-state index contributed by atoms with van der Waals surface area (Å²) in [5.41, 5.74) is 0.909. The zero-order valence-corrected chi connectivity index (χ0v) is 16.7. The summed E-state index contributed by atoms with van der Waals surface area (Å²) < 4.78 is 24.3. The highest BCUT2D eigenvalue weighted by Crippen LogP contribution is 2.32. The number of rotatable bonds is 7. The van der Waals surface area contributed by atoms with Gasteiger partial charge in [0.25, 0.3) is 5.56 Å². The maximum absolute atomic E-state index is 12.9. The Labute approximate surface area is 160 Å². The Kier molecular flexibility index (Phi) is 5.64. The quantitative estimate of drug-likeness (QED) is 0.341. The Morgan fingerprint density at radius 2 is 2.04 bits per heavy atom. The summed E-state index contributed by atoms with van der Waals surface area (Å²) in [6.45, 7) is 4.03. The number of sulfone groups is 1. The molecule has 5 nitrogen and oxygen atoms in total. The van der Waals surface area contributed by atoms with Gasteiger partial charge in [-0.15, -0.1) is 17.9 Å². The van der Waals surface area contributed by atoms with Crippen molar-refractivity contribution in [3.05, 3.63) is 59.4 Å². The fourth-order valence-electron chi connectivity index (χ4n) is 2.43. The van der Waals surface area contributed by atoms with Gasteiger partial charge in [-0.1, -0.05) is 48.2 Å². The molecule has 0 aliphatic carbocycles. The molecule has 0 aliphatic rings. The monoisotopic (exact) mass is 406 g/mol. The smallest absolute Gasteiger partial charge is 0.263 e. The van der Waals surface area contributed by atoms with Gasteiger partial charge in [-0.3, -0.25) is 9.36 Å². The van der Waals surface area contributed by atoms with Crippen LogP contribution < -0.4 is 5.56 Å². The van der Waals surface area contributed by atoms with Gasteiger partial charge in [0, 0.05) is 23.4 Å². The molecule has 0 bridgehead atoms. The van der Waals surface area contributed by atoms with Gasteiger partial charge in [0.05, 0.1) is 11.1 Å². The van der Waals surface area contributed by atoms with Crippen molar-refractivity contribution in [3.63, 3.8) is 0 Å². The summed E-state index contributed by atoms with van der Waals surface area (Å²) in [4.78, 5) is 19.2. The van der Waals surface area contributed by atoms with E-state index in [1.165, 1.54) is 29.4 Å². The number of hydrogen-bond donors (Lipinski definition) is 0. The molecule has 0 fully saturated rings. The van der Waals surface area contributed by atoms with E-state index in [9.17, 15) is 13.2 Å². The Bertz CT molecular complexity index is 1100. The number of nitrogens with zero attached hydrogens (tertiary/aromatic N) is 2. The van der Waals surface area contributed by atoms with Crippen molar-refractivity contribution >= 4 is 43.2 Å². The second-order valence-electron chi connectivity index (χ2n) is 5.77. The van der Waals surface area contributed by atoms with Crippen LogP contribution in [0.5, 0.6) is 0 Å². The van der Waals surface area contributed by atoms with Gasteiger partial charge in [-0.2, -0.15) is 0 Å². The third-order valence-corrected chi connectivity index (χ3v) is 6.93. The van der Waals surface area contributed by atoms with Gasteiger partial charge in [0.1, 0.15) is 14.7 Å². The van der Waals surface area contributed by atoms with Crippen molar-refractivity contribution in [1.29, 1.82) is 0 Å². The third kappa shape index (κ3) is 4.25. The molecule has 0 unspecified atom stereocenters. The van der Waals surface area contributed by atoms with E-state index in [0.29, 0.717) is 27.7 Å². The first-order chi connectivity index (χ1) is 12.4. The van der Waals surface area contributed by atoms with E-state index < -0.39 is 9.84 Å². The number of thioether (sulfide) groups is 1. The van der Waals surface area contributed by atoms with Crippen LogP contribution in [-0.4, -0.2) is 35.7 Å². The SMILES string of the molecule is C=CCn1c(SCCS(C)(=O)=O)nc2sc(-c3ccccc3)cc2c1=O. The molecule has 0 saturated carbocycles. The van der Waals surface area contributed by atoms with E-state index in [-0.39, 0.29) is 11.3 Å². The normalized spacial score (nSPS) is 11.7. The Morgan fingerprint density at radius 1 is 1.31 bits per heavy atom. The Morgan fingerprint density at radius 3 is 2.69 bits per heavy atom. The molecule has 0 radical (unpaired) electrons. The van der Waals surface area contributed by atoms with Crippen LogP contribution in [0.4, 0.5) is 0 Å². The van der Waals surface area contributed by atoms with Crippen LogP contribution in [0.2, 0.25) is 0 Å². The predicted octanol–water partition coefficient (Wildman–Crippen LogP) is 3.45. The number of thiophene rings is 1. The van der Waals surface area contributed by atoms with E-state index >= 15 is 0 Å². The molecule has 26 heavy (non-hydrogen) atoms. The molecular formula is C18H18N2O3S3. The van der Waals surface area contributed by atoms with Crippen LogP contribution in [0.1, 0.15) is 0 Å². The maximum atomic E-state index is 12.9. The highest BCUT2D eigenvalue weighted by molar-refractivity contribution is 8.00. The van der Waals surface area contributed by atoms with Crippen molar-refractivity contribution in [2.24, 2.45) is 0 Å². The van der Waals surface area contributed by atoms with Crippen LogP contribution in [0.15, 0.2) is 59.0 Å². The molecule has 0 amide bonds. The van der Waals surface area contributed by atoms with E-state index in [2.05, 4.69) is 11.6 Å². The maximum Gasteiger partial charge on any atom is 0.263 e. The molecule has 136 valence electrons. The molecular weight excluding hydrogens is 388 g/mol. The molecule has 2 heterocycles. The molecule has 0 aliphatic heterocycles. The van der Waals surface area contributed by atoms with Crippen molar-refractivity contribution in [2.75, 3.05) is 17.8 Å². The lowest BCUT2D eigenvalue weighted by Gasteiger charge is -2.09. The average molecular weight is 407 g/mol. The molecule has 8 heteroatoms. The first kappa shape index (κ1) is 18.9. The van der Waals surface area contributed by atoms with Gasteiger partial charge >= 0.3 is 0 Å². The van der Waals surface area contributed by atoms with Crippen LogP contribution in [0, 0.1) is 0 Å².